The van der Waals surface area contributed by atoms with E-state index < -0.39 is 59.0 Å². The molecule has 11 heteroatoms. The van der Waals surface area contributed by atoms with Crippen molar-refractivity contribution in [3.63, 3.8) is 0 Å². The Morgan fingerprint density at radius 3 is 2.51 bits per heavy atom. The SMILES string of the molecule is C[C@H](O)CNc1cc(CO)cc([C@@H]2C#C[C@@H]3CC(=O)Oc4cc(O)c(cc43)C[C@H]3OC(=O)/C(=C\[C@H](O)C4(CCCCC4)c4cccc(c4)C[C@H]4C[C@@H](CCC4=O)[C@]3(C)O)C2)c1. The van der Waals surface area contributed by atoms with Crippen molar-refractivity contribution in [3.8, 4) is 23.3 Å². The van der Waals surface area contributed by atoms with Gasteiger partial charge in [-0.25, -0.2) is 4.79 Å². The van der Waals surface area contributed by atoms with Gasteiger partial charge in [-0.05, 0) is 110 Å². The molecule has 2 fully saturated rings. The first-order chi connectivity index (χ1) is 29.2. The Labute approximate surface area is 357 Å². The van der Waals surface area contributed by atoms with Crippen LogP contribution < -0.4 is 10.1 Å². The molecule has 8 bridgehead atoms. The van der Waals surface area contributed by atoms with Crippen LogP contribution in [0.4, 0.5) is 5.69 Å². The summed E-state index contributed by atoms with van der Waals surface area (Å²) in [5, 5.41) is 60.5. The first kappa shape index (κ1) is 42.7. The van der Waals surface area contributed by atoms with Gasteiger partial charge in [-0.2, -0.15) is 0 Å². The molecule has 11 nitrogen and oxygen atoms in total. The van der Waals surface area contributed by atoms with Crippen molar-refractivity contribution in [2.24, 2.45) is 11.8 Å². The molecule has 8 rings (SSSR count). The second-order valence-electron chi connectivity index (χ2n) is 18.4. The number of carbonyl (C=O) groups excluding carboxylic acids is 3. The van der Waals surface area contributed by atoms with E-state index in [2.05, 4.69) is 23.2 Å². The predicted molar refractivity (Wildman–Crippen MR) is 228 cm³/mol. The monoisotopic (exact) mass is 831 g/mol. The molecule has 61 heavy (non-hydrogen) atoms. The number of aromatic hydroxyl groups is 1. The third-order valence-electron chi connectivity index (χ3n) is 14.1. The first-order valence-corrected chi connectivity index (χ1v) is 21.9. The Kier molecular flexibility index (Phi) is 12.2. The van der Waals surface area contributed by atoms with Crippen molar-refractivity contribution in [1.82, 2.24) is 0 Å². The third-order valence-corrected chi connectivity index (χ3v) is 14.1. The number of aliphatic hydroxyl groups excluding tert-OH is 3. The fourth-order valence-electron chi connectivity index (χ4n) is 10.5. The number of ether oxygens (including phenoxy) is 2. The highest BCUT2D eigenvalue weighted by atomic mass is 16.6. The molecule has 3 aromatic carbocycles. The molecular weight excluding hydrogens is 775 g/mol. The number of anilines is 1. The van der Waals surface area contributed by atoms with Crippen LogP contribution >= 0.6 is 0 Å². The van der Waals surface area contributed by atoms with E-state index >= 15 is 4.79 Å². The molecule has 3 aromatic rings. The maximum absolute atomic E-state index is 15.1. The fourth-order valence-corrected chi connectivity index (χ4v) is 10.5. The lowest BCUT2D eigenvalue weighted by Gasteiger charge is -2.42. The van der Waals surface area contributed by atoms with E-state index in [1.54, 1.807) is 32.1 Å². The average Bonchev–Trinajstić information content (AvgIpc) is 3.24. The summed E-state index contributed by atoms with van der Waals surface area (Å²) in [5.41, 5.74) is 2.44. The molecule has 0 aromatic heterocycles. The minimum Gasteiger partial charge on any atom is -0.508 e. The zero-order valence-corrected chi connectivity index (χ0v) is 35.0. The molecule has 322 valence electrons. The lowest BCUT2D eigenvalue weighted by Crippen LogP contribution is -2.52. The lowest BCUT2D eigenvalue weighted by molar-refractivity contribution is -0.170. The number of hydrogen-bond donors (Lipinski definition) is 6. The molecule has 3 aliphatic heterocycles. The van der Waals surface area contributed by atoms with Crippen molar-refractivity contribution < 1.29 is 49.4 Å². The summed E-state index contributed by atoms with van der Waals surface area (Å²) in [6.07, 6.45) is 4.01. The second-order valence-corrected chi connectivity index (χ2v) is 18.4. The number of Topliss-reactive ketones (excluding diaryl/α,β-unsaturated/α-hetero) is 1. The van der Waals surface area contributed by atoms with Crippen molar-refractivity contribution in [1.29, 1.82) is 0 Å². The Morgan fingerprint density at radius 1 is 0.951 bits per heavy atom. The first-order valence-electron chi connectivity index (χ1n) is 21.9. The van der Waals surface area contributed by atoms with Gasteiger partial charge < -0.3 is 40.3 Å². The van der Waals surface area contributed by atoms with Gasteiger partial charge in [0, 0.05) is 59.5 Å². The van der Waals surface area contributed by atoms with Crippen LogP contribution in [0.5, 0.6) is 11.5 Å². The van der Waals surface area contributed by atoms with E-state index in [0.29, 0.717) is 60.0 Å². The van der Waals surface area contributed by atoms with Crippen LogP contribution in [0.25, 0.3) is 0 Å². The highest BCUT2D eigenvalue weighted by molar-refractivity contribution is 5.89. The second kappa shape index (κ2) is 17.4. The number of phenolic OH excluding ortho intramolecular Hbond substituents is 1. The predicted octanol–water partition coefficient (Wildman–Crippen LogP) is 6.20. The molecule has 5 aliphatic rings. The molecule has 6 N–H and O–H groups in total. The fraction of sp³-hybridized carbons (Fsp3) is 0.500. The van der Waals surface area contributed by atoms with Crippen LogP contribution in [0.15, 0.2) is 66.2 Å². The van der Waals surface area contributed by atoms with E-state index in [1.165, 1.54) is 6.07 Å². The van der Waals surface area contributed by atoms with Gasteiger partial charge in [-0.15, -0.1) is 0 Å². The minimum absolute atomic E-state index is 0.0362. The summed E-state index contributed by atoms with van der Waals surface area (Å²) < 4.78 is 12.1. The number of fused-ring (bicyclic) bond motifs is 9. The zero-order chi connectivity index (χ0) is 43.1. The summed E-state index contributed by atoms with van der Waals surface area (Å²) in [4.78, 5) is 41.7. The normalized spacial score (nSPS) is 30.0. The number of ketones is 1. The number of rotatable bonds is 5. The van der Waals surface area contributed by atoms with Gasteiger partial charge in [0.1, 0.15) is 29.0 Å². The maximum atomic E-state index is 15.1. The number of nitrogens with one attached hydrogen (secondary N) is 1. The Morgan fingerprint density at radius 2 is 1.74 bits per heavy atom. The molecule has 1 spiro atoms. The number of phenols is 1. The van der Waals surface area contributed by atoms with Crippen molar-refractivity contribution in [3.05, 3.63) is 99.6 Å². The Bertz CT molecular complexity index is 2280. The lowest BCUT2D eigenvalue weighted by atomic mass is 9.65. The van der Waals surface area contributed by atoms with Crippen LogP contribution in [-0.2, 0) is 44.0 Å². The van der Waals surface area contributed by atoms with Crippen molar-refractivity contribution >= 4 is 23.4 Å². The molecule has 0 amide bonds. The average molecular weight is 832 g/mol. The number of hydrogen-bond acceptors (Lipinski definition) is 11. The van der Waals surface area contributed by atoms with Gasteiger partial charge in [0.05, 0.1) is 31.2 Å². The summed E-state index contributed by atoms with van der Waals surface area (Å²) in [7, 11) is 0. The minimum atomic E-state index is -1.67. The number of benzene rings is 3. The number of aliphatic hydroxyl groups is 4. The number of esters is 2. The van der Waals surface area contributed by atoms with E-state index in [9.17, 15) is 35.1 Å². The molecule has 2 aliphatic carbocycles. The van der Waals surface area contributed by atoms with Gasteiger partial charge in [-0.1, -0.05) is 61.4 Å². The highest BCUT2D eigenvalue weighted by Gasteiger charge is 2.47. The largest absolute Gasteiger partial charge is 0.508 e. The van der Waals surface area contributed by atoms with E-state index in [0.717, 1.165) is 30.4 Å². The molecular formula is C50H57NO10. The molecule has 8 atom stereocenters. The summed E-state index contributed by atoms with van der Waals surface area (Å²) in [6.45, 7) is 3.25. The Balaban J connectivity index is 1.35. The summed E-state index contributed by atoms with van der Waals surface area (Å²) in [6, 6.07) is 16.7. The van der Waals surface area contributed by atoms with Crippen molar-refractivity contribution in [2.75, 3.05) is 11.9 Å². The summed E-state index contributed by atoms with van der Waals surface area (Å²) >= 11 is 0. The highest BCUT2D eigenvalue weighted by Crippen LogP contribution is 2.46. The van der Waals surface area contributed by atoms with Gasteiger partial charge in [0.25, 0.3) is 0 Å². The third kappa shape index (κ3) is 8.87. The molecule has 0 unspecified atom stereocenters. The van der Waals surface area contributed by atoms with Gasteiger partial charge in [0.2, 0.25) is 0 Å². The smallest absolute Gasteiger partial charge is 0.334 e. The van der Waals surface area contributed by atoms with Gasteiger partial charge >= 0.3 is 11.9 Å². The molecule has 0 radical (unpaired) electrons. The topological polar surface area (TPSA) is 183 Å². The van der Waals surface area contributed by atoms with E-state index in [-0.39, 0.29) is 67.6 Å². The van der Waals surface area contributed by atoms with Gasteiger partial charge in [-0.3, -0.25) is 9.59 Å². The van der Waals surface area contributed by atoms with Gasteiger partial charge in [0.15, 0.2) is 0 Å². The Hall–Kier alpha value is -4.99. The molecule has 0 saturated heterocycles. The van der Waals surface area contributed by atoms with Crippen LogP contribution in [0.1, 0.15) is 123 Å². The maximum Gasteiger partial charge on any atom is 0.334 e. The zero-order valence-electron chi connectivity index (χ0n) is 35.0. The van der Waals surface area contributed by atoms with Crippen LogP contribution in [0.2, 0.25) is 0 Å². The molecule has 3 heterocycles. The van der Waals surface area contributed by atoms with E-state index in [1.807, 2.05) is 30.3 Å². The molecule has 2 saturated carbocycles. The number of carbonyl (C=O) groups is 3. The standard InChI is InChI=1S/C50H57NO10/c1-29(53)27-51-40-18-31(28-52)16-34(21-40)32-9-10-33-25-47(57)60-44-26-43(55)36(22-41(33)44)24-46-49(2,59)38-11-12-42(54)35(20-38)15-30-7-6-8-39(17-30)50(13-4-3-5-14-50)45(56)23-37(19-32)48(58)61-46/h6-8,16-18,21-23,26,29,32-33,35,38,45-46,51-53,55-56,59H,3-5,11-15,19-20,24-25,27-28H2,1-2H3/b37-23-/t29-,32+,33+,35-,38+,45-,46+,49-/m0/s1. The van der Waals surface area contributed by atoms with Crippen LogP contribution in [0.3, 0.4) is 0 Å². The quantitative estimate of drug-likeness (QED) is 0.0979. The van der Waals surface area contributed by atoms with Crippen LogP contribution in [-0.4, -0.2) is 73.7 Å². The van der Waals surface area contributed by atoms with Crippen molar-refractivity contribution in [2.45, 2.75) is 139 Å². The summed E-state index contributed by atoms with van der Waals surface area (Å²) in [5.74, 6) is 3.33. The van der Waals surface area contributed by atoms with E-state index in [4.69, 9.17) is 9.47 Å². The van der Waals surface area contributed by atoms with Crippen LogP contribution in [0, 0.1) is 23.7 Å².